The number of aromatic nitrogens is 4. The van der Waals surface area contributed by atoms with Crippen molar-refractivity contribution in [2.75, 3.05) is 0 Å². The first-order valence-electron chi connectivity index (χ1n) is 7.64. The molecule has 0 unspecified atom stereocenters. The van der Waals surface area contributed by atoms with E-state index in [1.165, 1.54) is 40.9 Å². The fraction of sp³-hybridized carbons (Fsp3) is 0.412. The molecule has 4 rings (SSSR count). The summed E-state index contributed by atoms with van der Waals surface area (Å²) >= 11 is 0. The number of benzene rings is 1. The highest BCUT2D eigenvalue weighted by Crippen LogP contribution is 2.32. The minimum Gasteiger partial charge on any atom is -0.326 e. The van der Waals surface area contributed by atoms with Gasteiger partial charge in [0.15, 0.2) is 5.82 Å². The maximum absolute atomic E-state index is 4.89. The van der Waals surface area contributed by atoms with Gasteiger partial charge in [0.1, 0.15) is 5.69 Å². The van der Waals surface area contributed by atoms with Crippen LogP contribution >= 0.6 is 0 Å². The lowest BCUT2D eigenvalue weighted by atomic mass is 9.95. The highest BCUT2D eigenvalue weighted by molar-refractivity contribution is 5.83. The Balaban J connectivity index is 2.01. The summed E-state index contributed by atoms with van der Waals surface area (Å²) in [6, 6.07) is 6.31. The Hall–Kier alpha value is -2.10. The van der Waals surface area contributed by atoms with Crippen LogP contribution in [0.2, 0.25) is 0 Å². The smallest absolute Gasteiger partial charge is 0.159 e. The monoisotopic (exact) mass is 280 g/mol. The van der Waals surface area contributed by atoms with Crippen molar-refractivity contribution in [3.8, 4) is 11.5 Å². The Morgan fingerprint density at radius 3 is 2.71 bits per heavy atom. The van der Waals surface area contributed by atoms with Gasteiger partial charge in [0.05, 0.1) is 16.7 Å². The lowest BCUT2D eigenvalue weighted by Gasteiger charge is -2.11. The largest absolute Gasteiger partial charge is 0.326 e. The SMILES string of the molecule is Cc1cccc2nc(-c3c4c(nn3C)CCCC4)n(C)c12. The molecule has 21 heavy (non-hydrogen) atoms. The summed E-state index contributed by atoms with van der Waals surface area (Å²) in [5.41, 5.74) is 7.42. The summed E-state index contributed by atoms with van der Waals surface area (Å²) in [6.07, 6.45) is 4.74. The molecule has 0 saturated heterocycles. The van der Waals surface area contributed by atoms with Crippen molar-refractivity contribution in [2.45, 2.75) is 32.6 Å². The fourth-order valence-electron chi connectivity index (χ4n) is 3.64. The average molecular weight is 280 g/mol. The lowest BCUT2D eigenvalue weighted by Crippen LogP contribution is -2.03. The minimum absolute atomic E-state index is 1.04. The molecule has 4 nitrogen and oxygen atoms in total. The van der Waals surface area contributed by atoms with Crippen LogP contribution in [0.4, 0.5) is 0 Å². The molecule has 0 fully saturated rings. The van der Waals surface area contributed by atoms with Gasteiger partial charge in [0.2, 0.25) is 0 Å². The maximum atomic E-state index is 4.89. The van der Waals surface area contributed by atoms with Gasteiger partial charge in [0.25, 0.3) is 0 Å². The second-order valence-electron chi connectivity index (χ2n) is 6.04. The van der Waals surface area contributed by atoms with Gasteiger partial charge in [0, 0.05) is 19.7 Å². The van der Waals surface area contributed by atoms with Crippen molar-refractivity contribution in [1.82, 2.24) is 19.3 Å². The van der Waals surface area contributed by atoms with E-state index in [4.69, 9.17) is 10.1 Å². The van der Waals surface area contributed by atoms with Gasteiger partial charge >= 0.3 is 0 Å². The van der Waals surface area contributed by atoms with Crippen molar-refractivity contribution >= 4 is 11.0 Å². The van der Waals surface area contributed by atoms with E-state index in [2.05, 4.69) is 36.7 Å². The third-order valence-electron chi connectivity index (χ3n) is 4.63. The molecule has 0 aliphatic heterocycles. The molecule has 1 aliphatic rings. The molecule has 0 bridgehead atoms. The van der Waals surface area contributed by atoms with Gasteiger partial charge in [-0.3, -0.25) is 4.68 Å². The number of rotatable bonds is 1. The summed E-state index contributed by atoms with van der Waals surface area (Å²) in [5, 5.41) is 4.72. The molecule has 0 N–H and O–H groups in total. The predicted octanol–water partition coefficient (Wildman–Crippen LogP) is 3.16. The molecular formula is C17H20N4. The van der Waals surface area contributed by atoms with Gasteiger partial charge in [-0.05, 0) is 44.2 Å². The molecule has 108 valence electrons. The predicted molar refractivity (Wildman–Crippen MR) is 84.3 cm³/mol. The molecule has 4 heteroatoms. The van der Waals surface area contributed by atoms with Crippen molar-refractivity contribution < 1.29 is 0 Å². The normalized spacial score (nSPS) is 14.6. The number of para-hydroxylation sites is 1. The number of hydrogen-bond acceptors (Lipinski definition) is 2. The second kappa shape index (κ2) is 4.45. The Morgan fingerprint density at radius 2 is 1.90 bits per heavy atom. The number of nitrogens with zero attached hydrogens (tertiary/aromatic N) is 4. The van der Waals surface area contributed by atoms with Crippen LogP contribution in [0.25, 0.3) is 22.6 Å². The molecule has 0 spiro atoms. The summed E-state index contributed by atoms with van der Waals surface area (Å²) in [5.74, 6) is 1.04. The topological polar surface area (TPSA) is 35.6 Å². The van der Waals surface area contributed by atoms with Crippen molar-refractivity contribution in [3.63, 3.8) is 0 Å². The van der Waals surface area contributed by atoms with Crippen LogP contribution in [0.15, 0.2) is 18.2 Å². The van der Waals surface area contributed by atoms with E-state index in [9.17, 15) is 0 Å². The van der Waals surface area contributed by atoms with Gasteiger partial charge in [-0.2, -0.15) is 5.10 Å². The third-order valence-corrected chi connectivity index (χ3v) is 4.63. The van der Waals surface area contributed by atoms with Crippen LogP contribution in [0.3, 0.4) is 0 Å². The fourth-order valence-corrected chi connectivity index (χ4v) is 3.64. The number of hydrogen-bond donors (Lipinski definition) is 0. The first-order valence-corrected chi connectivity index (χ1v) is 7.64. The van der Waals surface area contributed by atoms with Crippen LogP contribution in [0.1, 0.15) is 29.7 Å². The van der Waals surface area contributed by atoms with E-state index in [1.54, 1.807) is 0 Å². The Labute approximate surface area is 124 Å². The van der Waals surface area contributed by atoms with E-state index in [0.717, 1.165) is 24.2 Å². The quantitative estimate of drug-likeness (QED) is 0.686. The van der Waals surface area contributed by atoms with E-state index in [-0.39, 0.29) is 0 Å². The molecule has 1 aromatic carbocycles. The first kappa shape index (κ1) is 12.6. The van der Waals surface area contributed by atoms with Crippen LogP contribution in [0.5, 0.6) is 0 Å². The zero-order valence-electron chi connectivity index (χ0n) is 12.8. The molecule has 0 amide bonds. The minimum atomic E-state index is 1.04. The molecule has 3 aromatic rings. The van der Waals surface area contributed by atoms with E-state index < -0.39 is 0 Å². The molecule has 1 aliphatic carbocycles. The van der Waals surface area contributed by atoms with Crippen molar-refractivity contribution in [2.24, 2.45) is 14.1 Å². The van der Waals surface area contributed by atoms with Gasteiger partial charge in [-0.1, -0.05) is 12.1 Å². The zero-order valence-corrected chi connectivity index (χ0v) is 12.8. The van der Waals surface area contributed by atoms with Gasteiger partial charge in [-0.15, -0.1) is 0 Å². The van der Waals surface area contributed by atoms with Crippen LogP contribution in [-0.2, 0) is 26.9 Å². The highest BCUT2D eigenvalue weighted by Gasteiger charge is 2.23. The molecular weight excluding hydrogens is 260 g/mol. The van der Waals surface area contributed by atoms with Crippen molar-refractivity contribution in [3.05, 3.63) is 35.0 Å². The zero-order chi connectivity index (χ0) is 14.6. The van der Waals surface area contributed by atoms with E-state index in [1.807, 2.05) is 11.7 Å². The van der Waals surface area contributed by atoms with Gasteiger partial charge in [-0.25, -0.2) is 4.98 Å². The number of fused-ring (bicyclic) bond motifs is 2. The molecule has 0 atom stereocenters. The highest BCUT2D eigenvalue weighted by atomic mass is 15.3. The lowest BCUT2D eigenvalue weighted by molar-refractivity contribution is 0.664. The van der Waals surface area contributed by atoms with Crippen molar-refractivity contribution in [1.29, 1.82) is 0 Å². The van der Waals surface area contributed by atoms with Crippen LogP contribution < -0.4 is 0 Å². The Morgan fingerprint density at radius 1 is 1.10 bits per heavy atom. The molecule has 2 heterocycles. The Kier molecular flexibility index (Phi) is 2.67. The van der Waals surface area contributed by atoms with Crippen LogP contribution in [-0.4, -0.2) is 19.3 Å². The summed E-state index contributed by atoms with van der Waals surface area (Å²) in [6.45, 7) is 2.15. The van der Waals surface area contributed by atoms with Crippen LogP contribution in [0, 0.1) is 6.92 Å². The van der Waals surface area contributed by atoms with E-state index >= 15 is 0 Å². The molecule has 2 aromatic heterocycles. The number of aryl methyl sites for hydroxylation is 4. The third kappa shape index (κ3) is 1.75. The average Bonchev–Trinajstić information content (AvgIpc) is 2.96. The molecule has 0 radical (unpaired) electrons. The number of imidazole rings is 1. The maximum Gasteiger partial charge on any atom is 0.159 e. The van der Waals surface area contributed by atoms with Gasteiger partial charge < -0.3 is 4.57 Å². The Bertz CT molecular complexity index is 838. The van der Waals surface area contributed by atoms with E-state index in [0.29, 0.717) is 0 Å². The second-order valence-corrected chi connectivity index (χ2v) is 6.04. The molecule has 0 saturated carbocycles. The first-order chi connectivity index (χ1) is 10.2. The standard InChI is InChI=1S/C17H20N4/c1-11-7-6-10-14-15(11)20(2)17(18-14)16-12-8-4-5-9-13(12)19-21(16)3/h6-7,10H,4-5,8-9H2,1-3H3. The summed E-state index contributed by atoms with van der Waals surface area (Å²) < 4.78 is 4.24. The summed E-state index contributed by atoms with van der Waals surface area (Å²) in [7, 11) is 4.15. The summed E-state index contributed by atoms with van der Waals surface area (Å²) in [4.78, 5) is 4.89.